The van der Waals surface area contributed by atoms with Gasteiger partial charge in [-0.15, -0.1) is 0 Å². The monoisotopic (exact) mass is 230 g/mol. The maximum atomic E-state index is 11.4. The normalized spacial score (nSPS) is 20.0. The summed E-state index contributed by atoms with van der Waals surface area (Å²) in [6.07, 6.45) is 2.14. The number of hydrogen-bond acceptors (Lipinski definition) is 4. The number of rotatable bonds is 6. The highest BCUT2D eigenvalue weighted by Crippen LogP contribution is 2.10. The molecular formula is C10H18N2O4. The van der Waals surface area contributed by atoms with Gasteiger partial charge in [0.05, 0.1) is 19.2 Å². The highest BCUT2D eigenvalue weighted by Gasteiger charge is 2.16. The molecule has 6 heteroatoms. The van der Waals surface area contributed by atoms with E-state index >= 15 is 0 Å². The Morgan fingerprint density at radius 2 is 2.25 bits per heavy atom. The molecule has 0 radical (unpaired) electrons. The molecule has 92 valence electrons. The Morgan fingerprint density at radius 1 is 1.50 bits per heavy atom. The Bertz CT molecular complexity index is 251. The molecular weight excluding hydrogens is 212 g/mol. The van der Waals surface area contributed by atoms with E-state index in [9.17, 15) is 9.59 Å². The van der Waals surface area contributed by atoms with Gasteiger partial charge in [0.15, 0.2) is 0 Å². The Kier molecular flexibility index (Phi) is 5.21. The average molecular weight is 230 g/mol. The molecule has 1 fully saturated rings. The Balaban J connectivity index is 2.12. The Hall–Kier alpha value is -1.14. The van der Waals surface area contributed by atoms with Gasteiger partial charge in [-0.3, -0.25) is 14.5 Å². The lowest BCUT2D eigenvalue weighted by molar-refractivity contribution is -0.138. The zero-order valence-electron chi connectivity index (χ0n) is 9.44. The first kappa shape index (κ1) is 12.9. The first-order chi connectivity index (χ1) is 7.58. The van der Waals surface area contributed by atoms with Crippen LogP contribution in [-0.4, -0.2) is 61.3 Å². The van der Waals surface area contributed by atoms with Crippen LogP contribution in [0, 0.1) is 0 Å². The molecule has 1 aliphatic rings. The smallest absolute Gasteiger partial charge is 0.317 e. The quantitative estimate of drug-likeness (QED) is 0.630. The van der Waals surface area contributed by atoms with E-state index in [1.807, 2.05) is 0 Å². The molecule has 1 saturated heterocycles. The molecule has 1 heterocycles. The zero-order valence-corrected chi connectivity index (χ0v) is 9.44. The SMILES string of the molecule is CN(CC(=O)O)CC(=O)NCC1CCCO1. The number of carbonyl (C=O) groups excluding carboxylic acids is 1. The summed E-state index contributed by atoms with van der Waals surface area (Å²) in [5.74, 6) is -1.10. The lowest BCUT2D eigenvalue weighted by Crippen LogP contribution is -2.40. The molecule has 0 aromatic rings. The van der Waals surface area contributed by atoms with Crippen molar-refractivity contribution in [3.8, 4) is 0 Å². The van der Waals surface area contributed by atoms with Crippen LogP contribution in [0.3, 0.4) is 0 Å². The van der Waals surface area contributed by atoms with Gasteiger partial charge in [0, 0.05) is 13.2 Å². The molecule has 0 aromatic carbocycles. The summed E-state index contributed by atoms with van der Waals surface area (Å²) in [6, 6.07) is 0. The zero-order chi connectivity index (χ0) is 12.0. The molecule has 0 spiro atoms. The minimum Gasteiger partial charge on any atom is -0.480 e. The van der Waals surface area contributed by atoms with Crippen LogP contribution in [0.2, 0.25) is 0 Å². The van der Waals surface area contributed by atoms with E-state index in [1.165, 1.54) is 4.90 Å². The van der Waals surface area contributed by atoms with Crippen LogP contribution in [0.5, 0.6) is 0 Å². The lowest BCUT2D eigenvalue weighted by atomic mass is 10.2. The van der Waals surface area contributed by atoms with E-state index in [0.29, 0.717) is 6.54 Å². The highest BCUT2D eigenvalue weighted by molar-refractivity contribution is 5.78. The van der Waals surface area contributed by atoms with Gasteiger partial charge in [-0.25, -0.2) is 0 Å². The maximum Gasteiger partial charge on any atom is 0.317 e. The van der Waals surface area contributed by atoms with Gasteiger partial charge in [0.25, 0.3) is 0 Å². The Morgan fingerprint density at radius 3 is 2.81 bits per heavy atom. The minimum atomic E-state index is -0.936. The molecule has 2 N–H and O–H groups in total. The van der Waals surface area contributed by atoms with Crippen LogP contribution in [0.4, 0.5) is 0 Å². The molecule has 0 bridgehead atoms. The molecule has 0 aliphatic carbocycles. The van der Waals surface area contributed by atoms with Crippen molar-refractivity contribution < 1.29 is 19.4 Å². The van der Waals surface area contributed by atoms with Gasteiger partial charge in [-0.2, -0.15) is 0 Å². The third-order valence-electron chi connectivity index (χ3n) is 2.37. The number of amides is 1. The van der Waals surface area contributed by atoms with Crippen molar-refractivity contribution in [1.29, 1.82) is 0 Å². The van der Waals surface area contributed by atoms with Crippen molar-refractivity contribution in [1.82, 2.24) is 10.2 Å². The second kappa shape index (κ2) is 6.44. The van der Waals surface area contributed by atoms with Crippen LogP contribution in [0.1, 0.15) is 12.8 Å². The molecule has 1 rings (SSSR count). The van der Waals surface area contributed by atoms with E-state index < -0.39 is 5.97 Å². The summed E-state index contributed by atoms with van der Waals surface area (Å²) in [5, 5.41) is 11.2. The van der Waals surface area contributed by atoms with E-state index in [1.54, 1.807) is 7.05 Å². The van der Waals surface area contributed by atoms with Gasteiger partial charge in [0.1, 0.15) is 0 Å². The summed E-state index contributed by atoms with van der Waals surface area (Å²) >= 11 is 0. The van der Waals surface area contributed by atoms with Crippen molar-refractivity contribution in [2.75, 3.05) is 33.3 Å². The van der Waals surface area contributed by atoms with Crippen molar-refractivity contribution in [3.05, 3.63) is 0 Å². The molecule has 6 nitrogen and oxygen atoms in total. The van der Waals surface area contributed by atoms with Crippen LogP contribution in [0.25, 0.3) is 0 Å². The fourth-order valence-electron chi connectivity index (χ4n) is 1.62. The van der Waals surface area contributed by atoms with E-state index in [-0.39, 0.29) is 25.1 Å². The number of nitrogens with zero attached hydrogens (tertiary/aromatic N) is 1. The van der Waals surface area contributed by atoms with Crippen LogP contribution >= 0.6 is 0 Å². The van der Waals surface area contributed by atoms with Crippen LogP contribution in [0.15, 0.2) is 0 Å². The standard InChI is InChI=1S/C10H18N2O4/c1-12(7-10(14)15)6-9(13)11-5-8-3-2-4-16-8/h8H,2-7H2,1H3,(H,11,13)(H,14,15). The lowest BCUT2D eigenvalue weighted by Gasteiger charge is -2.15. The predicted molar refractivity (Wildman–Crippen MR) is 57.1 cm³/mol. The molecule has 1 unspecified atom stereocenters. The Labute approximate surface area is 94.6 Å². The summed E-state index contributed by atoms with van der Waals surface area (Å²) in [6.45, 7) is 1.24. The largest absolute Gasteiger partial charge is 0.480 e. The fourth-order valence-corrected chi connectivity index (χ4v) is 1.62. The van der Waals surface area contributed by atoms with E-state index in [2.05, 4.69) is 5.32 Å². The van der Waals surface area contributed by atoms with Gasteiger partial charge in [-0.1, -0.05) is 0 Å². The average Bonchev–Trinajstić information content (AvgIpc) is 2.65. The second-order valence-corrected chi connectivity index (χ2v) is 4.01. The van der Waals surface area contributed by atoms with Crippen molar-refractivity contribution >= 4 is 11.9 Å². The number of nitrogens with one attached hydrogen (secondary N) is 1. The molecule has 16 heavy (non-hydrogen) atoms. The topological polar surface area (TPSA) is 78.9 Å². The number of carboxylic acid groups (broad SMARTS) is 1. The number of carbonyl (C=O) groups is 2. The maximum absolute atomic E-state index is 11.4. The molecule has 1 atom stereocenters. The summed E-state index contributed by atoms with van der Waals surface area (Å²) in [5.41, 5.74) is 0. The molecule has 1 amide bonds. The van der Waals surface area contributed by atoms with Crippen LogP contribution in [-0.2, 0) is 14.3 Å². The highest BCUT2D eigenvalue weighted by atomic mass is 16.5. The van der Waals surface area contributed by atoms with Gasteiger partial charge in [0.2, 0.25) is 5.91 Å². The number of likely N-dealkylation sites (N-methyl/N-ethyl adjacent to an activating group) is 1. The summed E-state index contributed by atoms with van der Waals surface area (Å²) < 4.78 is 5.35. The van der Waals surface area contributed by atoms with Crippen LogP contribution < -0.4 is 5.32 Å². The molecule has 1 aliphatic heterocycles. The number of hydrogen-bond donors (Lipinski definition) is 2. The van der Waals surface area contributed by atoms with Gasteiger partial charge in [-0.05, 0) is 19.9 Å². The minimum absolute atomic E-state index is 0.0962. The summed E-state index contributed by atoms with van der Waals surface area (Å²) in [7, 11) is 1.60. The first-order valence-electron chi connectivity index (χ1n) is 5.36. The van der Waals surface area contributed by atoms with Crippen molar-refractivity contribution in [2.45, 2.75) is 18.9 Å². The number of aliphatic carboxylic acids is 1. The molecule has 0 aromatic heterocycles. The third kappa shape index (κ3) is 5.09. The molecule has 0 saturated carbocycles. The fraction of sp³-hybridized carbons (Fsp3) is 0.800. The van der Waals surface area contributed by atoms with Crippen molar-refractivity contribution in [3.63, 3.8) is 0 Å². The van der Waals surface area contributed by atoms with E-state index in [4.69, 9.17) is 9.84 Å². The predicted octanol–water partition coefficient (Wildman–Crippen LogP) is -0.702. The first-order valence-corrected chi connectivity index (χ1v) is 5.36. The van der Waals surface area contributed by atoms with Gasteiger partial charge >= 0.3 is 5.97 Å². The number of carboxylic acids is 1. The van der Waals surface area contributed by atoms with Crippen molar-refractivity contribution in [2.24, 2.45) is 0 Å². The van der Waals surface area contributed by atoms with Gasteiger partial charge < -0.3 is 15.2 Å². The number of ether oxygens (including phenoxy) is 1. The third-order valence-corrected chi connectivity index (χ3v) is 2.37. The van der Waals surface area contributed by atoms with E-state index in [0.717, 1.165) is 19.4 Å². The second-order valence-electron chi connectivity index (χ2n) is 4.01. The summed E-state index contributed by atoms with van der Waals surface area (Å²) in [4.78, 5) is 23.2.